The maximum atomic E-state index is 12.7. The molecule has 1 saturated carbocycles. The van der Waals surface area contributed by atoms with Crippen LogP contribution >= 0.6 is 11.3 Å². The third kappa shape index (κ3) is 6.54. The summed E-state index contributed by atoms with van der Waals surface area (Å²) in [6, 6.07) is 6.88. The molecule has 10 heteroatoms. The molecular weight excluding hydrogens is 420 g/mol. The number of carbonyl (C=O) groups excluding carboxylic acids is 2. The van der Waals surface area contributed by atoms with Crippen LogP contribution in [0.15, 0.2) is 41.1 Å². The summed E-state index contributed by atoms with van der Waals surface area (Å²) in [6.07, 6.45) is 3.05. The quantitative estimate of drug-likeness (QED) is 0.164. The van der Waals surface area contributed by atoms with E-state index in [0.717, 1.165) is 35.5 Å². The van der Waals surface area contributed by atoms with Crippen LogP contribution in [0.2, 0.25) is 0 Å². The highest BCUT2D eigenvalue weighted by molar-refractivity contribution is 7.09. The Bertz CT molecular complexity index is 995. The Hall–Kier alpha value is -3.40. The van der Waals surface area contributed by atoms with Gasteiger partial charge < -0.3 is 26.2 Å². The largest absolute Gasteiger partial charge is 0.494 e. The molecule has 0 saturated heterocycles. The van der Waals surface area contributed by atoms with E-state index >= 15 is 0 Å². The van der Waals surface area contributed by atoms with Crippen LogP contribution in [0.3, 0.4) is 0 Å². The highest BCUT2D eigenvalue weighted by Crippen LogP contribution is 2.31. The summed E-state index contributed by atoms with van der Waals surface area (Å²) in [5.41, 5.74) is 1.54. The maximum absolute atomic E-state index is 12.7. The van der Waals surface area contributed by atoms with Crippen molar-refractivity contribution in [3.8, 4) is 11.3 Å². The third-order valence-corrected chi connectivity index (χ3v) is 5.46. The number of aliphatic carboxylic acids is 1. The number of hydrogen-bond acceptors (Lipinski definition) is 7. The Labute approximate surface area is 183 Å². The molecule has 9 nitrogen and oxygen atoms in total. The van der Waals surface area contributed by atoms with Gasteiger partial charge >= 0.3 is 5.97 Å². The number of aliphatic hydroxyl groups is 1. The van der Waals surface area contributed by atoms with Crippen LogP contribution < -0.4 is 16.0 Å². The van der Waals surface area contributed by atoms with Crippen LogP contribution in [-0.2, 0) is 14.4 Å². The number of benzene rings is 1. The number of aliphatic hydroxyl groups excluding tert-OH is 1. The standard InChI is InChI=1S/C21H24N4O5S/c1-12-24-16(11-31-12)14-4-6-15(7-5-14)25-21(30)18(20(29)23-10-17(26)27)19(28)22-9-8-13-2-3-13/h4-7,11,13,23,29H,2-3,8-10H2,1H3,(H,22,28)(H,25,30)(H,26,27). The van der Waals surface area contributed by atoms with Crippen molar-refractivity contribution in [2.75, 3.05) is 18.4 Å². The number of aromatic nitrogens is 1. The van der Waals surface area contributed by atoms with E-state index < -0.39 is 35.8 Å². The van der Waals surface area contributed by atoms with Crippen LogP contribution in [0, 0.1) is 12.8 Å². The fourth-order valence-corrected chi connectivity index (χ4v) is 3.49. The molecule has 164 valence electrons. The van der Waals surface area contributed by atoms with Gasteiger partial charge in [-0.15, -0.1) is 11.3 Å². The smallest absolute Gasteiger partial charge is 0.322 e. The van der Waals surface area contributed by atoms with Gasteiger partial charge in [0, 0.05) is 23.2 Å². The number of carboxylic acids is 1. The molecule has 5 N–H and O–H groups in total. The number of anilines is 1. The number of hydrogen-bond donors (Lipinski definition) is 5. The maximum Gasteiger partial charge on any atom is 0.322 e. The molecule has 1 fully saturated rings. The highest BCUT2D eigenvalue weighted by atomic mass is 32.1. The first kappa shape index (κ1) is 22.3. The number of rotatable bonds is 10. The molecule has 0 aliphatic heterocycles. The predicted octanol–water partition coefficient (Wildman–Crippen LogP) is 2.42. The van der Waals surface area contributed by atoms with Gasteiger partial charge in [0.05, 0.1) is 10.7 Å². The summed E-state index contributed by atoms with van der Waals surface area (Å²) in [5, 5.41) is 29.2. The van der Waals surface area contributed by atoms with Crippen LogP contribution in [-0.4, -0.2) is 46.1 Å². The highest BCUT2D eigenvalue weighted by Gasteiger charge is 2.26. The normalized spacial score (nSPS) is 13.8. The molecule has 0 radical (unpaired) electrons. The molecule has 1 heterocycles. The van der Waals surface area contributed by atoms with Gasteiger partial charge in [0.15, 0.2) is 5.57 Å². The molecular formula is C21H24N4O5S. The van der Waals surface area contributed by atoms with E-state index in [2.05, 4.69) is 20.9 Å². The minimum atomic E-state index is -1.24. The average molecular weight is 445 g/mol. The van der Waals surface area contributed by atoms with Crippen molar-refractivity contribution >= 4 is 34.8 Å². The molecule has 0 unspecified atom stereocenters. The number of nitrogens with zero attached hydrogens (tertiary/aromatic N) is 1. The van der Waals surface area contributed by atoms with E-state index in [1.165, 1.54) is 11.3 Å². The van der Waals surface area contributed by atoms with Gasteiger partial charge in [0.2, 0.25) is 5.88 Å². The van der Waals surface area contributed by atoms with Crippen LogP contribution in [0.4, 0.5) is 5.69 Å². The van der Waals surface area contributed by atoms with Crippen molar-refractivity contribution in [2.45, 2.75) is 26.2 Å². The molecule has 1 aromatic heterocycles. The van der Waals surface area contributed by atoms with E-state index in [1.807, 2.05) is 12.3 Å². The molecule has 0 spiro atoms. The van der Waals surface area contributed by atoms with Crippen LogP contribution in [0.5, 0.6) is 0 Å². The van der Waals surface area contributed by atoms with Crippen LogP contribution in [0.1, 0.15) is 24.3 Å². The molecule has 31 heavy (non-hydrogen) atoms. The first-order valence-corrected chi connectivity index (χ1v) is 10.7. The van der Waals surface area contributed by atoms with E-state index in [-0.39, 0.29) is 0 Å². The van der Waals surface area contributed by atoms with Gasteiger partial charge in [-0.2, -0.15) is 0 Å². The summed E-state index contributed by atoms with van der Waals surface area (Å²) in [7, 11) is 0. The average Bonchev–Trinajstić information content (AvgIpc) is 3.45. The van der Waals surface area contributed by atoms with Crippen molar-refractivity contribution in [2.24, 2.45) is 5.92 Å². The Balaban J connectivity index is 1.70. The number of thiazole rings is 1. The molecule has 0 bridgehead atoms. The first-order valence-electron chi connectivity index (χ1n) is 9.84. The zero-order valence-electron chi connectivity index (χ0n) is 17.0. The zero-order chi connectivity index (χ0) is 22.4. The summed E-state index contributed by atoms with van der Waals surface area (Å²) >= 11 is 1.54. The van der Waals surface area contributed by atoms with Gasteiger partial charge in [-0.1, -0.05) is 25.0 Å². The zero-order valence-corrected chi connectivity index (χ0v) is 17.8. The second-order valence-corrected chi connectivity index (χ2v) is 8.30. The number of nitrogens with one attached hydrogen (secondary N) is 3. The Kier molecular flexibility index (Phi) is 7.24. The minimum Gasteiger partial charge on any atom is -0.494 e. The molecule has 1 aliphatic carbocycles. The lowest BCUT2D eigenvalue weighted by Crippen LogP contribution is -2.36. The Morgan fingerprint density at radius 1 is 1.10 bits per heavy atom. The van der Waals surface area contributed by atoms with Gasteiger partial charge in [0.25, 0.3) is 11.8 Å². The lowest BCUT2D eigenvalue weighted by Gasteiger charge is -2.13. The fourth-order valence-electron chi connectivity index (χ4n) is 2.86. The van der Waals surface area contributed by atoms with Crippen molar-refractivity contribution in [1.82, 2.24) is 15.6 Å². The second kappa shape index (κ2) is 10.1. The lowest BCUT2D eigenvalue weighted by atomic mass is 10.1. The monoisotopic (exact) mass is 444 g/mol. The van der Waals surface area contributed by atoms with Crippen molar-refractivity contribution < 1.29 is 24.6 Å². The first-order chi connectivity index (χ1) is 14.8. The Morgan fingerprint density at radius 3 is 2.39 bits per heavy atom. The fraction of sp³-hybridized carbons (Fsp3) is 0.333. The number of aryl methyl sites for hydroxylation is 1. The molecule has 3 rings (SSSR count). The molecule has 1 aliphatic rings. The lowest BCUT2D eigenvalue weighted by molar-refractivity contribution is -0.136. The van der Waals surface area contributed by atoms with Crippen molar-refractivity contribution in [3.63, 3.8) is 0 Å². The van der Waals surface area contributed by atoms with Crippen LogP contribution in [0.25, 0.3) is 11.3 Å². The van der Waals surface area contributed by atoms with E-state index in [9.17, 15) is 19.5 Å². The molecule has 2 amide bonds. The summed E-state index contributed by atoms with van der Waals surface area (Å²) < 4.78 is 0. The number of carbonyl (C=O) groups is 3. The topological polar surface area (TPSA) is 141 Å². The van der Waals surface area contributed by atoms with Gasteiger partial charge in [-0.3, -0.25) is 14.4 Å². The van der Waals surface area contributed by atoms with Gasteiger partial charge in [-0.25, -0.2) is 4.98 Å². The van der Waals surface area contributed by atoms with Gasteiger partial charge in [-0.05, 0) is 31.4 Å². The Morgan fingerprint density at radius 2 is 1.81 bits per heavy atom. The summed E-state index contributed by atoms with van der Waals surface area (Å²) in [6.45, 7) is 1.64. The summed E-state index contributed by atoms with van der Waals surface area (Å²) in [5.74, 6) is -3.08. The third-order valence-electron chi connectivity index (χ3n) is 4.69. The van der Waals surface area contributed by atoms with Crippen molar-refractivity contribution in [3.05, 3.63) is 46.1 Å². The molecule has 1 aromatic carbocycles. The predicted molar refractivity (Wildman–Crippen MR) is 117 cm³/mol. The molecule has 2 aromatic rings. The van der Waals surface area contributed by atoms with Crippen molar-refractivity contribution in [1.29, 1.82) is 0 Å². The summed E-state index contributed by atoms with van der Waals surface area (Å²) in [4.78, 5) is 40.4. The minimum absolute atomic E-state index is 0.369. The number of amides is 2. The second-order valence-electron chi connectivity index (χ2n) is 7.24. The van der Waals surface area contributed by atoms with Gasteiger partial charge in [0.1, 0.15) is 6.54 Å². The number of carboxylic acid groups (broad SMARTS) is 1. The van der Waals surface area contributed by atoms with E-state index in [1.54, 1.807) is 24.3 Å². The SMILES string of the molecule is Cc1nc(-c2ccc(NC(=O)C(C(=O)NCCC3CC3)=C(O)NCC(=O)O)cc2)cs1. The molecule has 0 atom stereocenters. The van der Waals surface area contributed by atoms with E-state index in [0.29, 0.717) is 18.2 Å². The van der Waals surface area contributed by atoms with E-state index in [4.69, 9.17) is 5.11 Å².